The number of oxazole rings is 1. The van der Waals surface area contributed by atoms with Gasteiger partial charge in [-0.1, -0.05) is 39.8 Å². The Morgan fingerprint density at radius 3 is 2.21 bits per heavy atom. The maximum Gasteiger partial charge on any atom is 0.337 e. The number of rotatable bonds is 3. The van der Waals surface area contributed by atoms with Crippen LogP contribution in [0.3, 0.4) is 0 Å². The Labute approximate surface area is 171 Å². The van der Waals surface area contributed by atoms with Crippen molar-refractivity contribution in [1.29, 1.82) is 0 Å². The number of hydrogen-bond donors (Lipinski definition) is 0. The second-order valence-electron chi connectivity index (χ2n) is 9.13. The molecule has 1 aliphatic carbocycles. The maximum atomic E-state index is 11.6. The molecule has 1 aliphatic rings. The van der Waals surface area contributed by atoms with Crippen LogP contribution in [-0.4, -0.2) is 18.1 Å². The highest BCUT2D eigenvalue weighted by Crippen LogP contribution is 2.46. The lowest BCUT2D eigenvalue weighted by atomic mass is 9.63. The number of carbonyl (C=O) groups is 1. The van der Waals surface area contributed by atoms with E-state index in [0.29, 0.717) is 11.5 Å². The van der Waals surface area contributed by atoms with Gasteiger partial charge in [0.05, 0.1) is 12.7 Å². The summed E-state index contributed by atoms with van der Waals surface area (Å²) in [5.74, 6) is 0.179. The molecule has 0 unspecified atom stereocenters. The molecular formula is C25H27NO3. The minimum atomic E-state index is -0.357. The second-order valence-corrected chi connectivity index (χ2v) is 9.13. The molecule has 0 N–H and O–H groups in total. The Morgan fingerprint density at radius 2 is 1.55 bits per heavy atom. The molecule has 4 rings (SSSR count). The van der Waals surface area contributed by atoms with Gasteiger partial charge in [-0.05, 0) is 65.1 Å². The van der Waals surface area contributed by atoms with Gasteiger partial charge in [0.25, 0.3) is 0 Å². The van der Waals surface area contributed by atoms with Crippen LogP contribution in [0.15, 0.2) is 53.1 Å². The molecule has 0 atom stereocenters. The monoisotopic (exact) mass is 389 g/mol. The van der Waals surface area contributed by atoms with E-state index in [1.807, 2.05) is 12.1 Å². The fourth-order valence-electron chi connectivity index (χ4n) is 4.15. The number of esters is 1. The van der Waals surface area contributed by atoms with Gasteiger partial charge in [0, 0.05) is 11.1 Å². The first-order valence-corrected chi connectivity index (χ1v) is 10.0. The SMILES string of the molecule is COC(=O)c1ccc(-c2nc(-c3ccc4c(c3)C(C)(C)CCC4(C)C)co2)cc1. The molecule has 3 aromatic rings. The highest BCUT2D eigenvalue weighted by Gasteiger charge is 2.37. The maximum absolute atomic E-state index is 11.6. The number of nitrogens with zero attached hydrogens (tertiary/aromatic N) is 1. The van der Waals surface area contributed by atoms with Gasteiger partial charge in [0.15, 0.2) is 0 Å². The lowest BCUT2D eigenvalue weighted by Crippen LogP contribution is -2.33. The van der Waals surface area contributed by atoms with Crippen molar-refractivity contribution in [2.45, 2.75) is 51.4 Å². The highest BCUT2D eigenvalue weighted by atomic mass is 16.5. The van der Waals surface area contributed by atoms with Crippen LogP contribution in [0.5, 0.6) is 0 Å². The van der Waals surface area contributed by atoms with Crippen LogP contribution in [0.1, 0.15) is 62.0 Å². The zero-order valence-corrected chi connectivity index (χ0v) is 17.7. The predicted molar refractivity (Wildman–Crippen MR) is 114 cm³/mol. The summed E-state index contributed by atoms with van der Waals surface area (Å²) in [5, 5.41) is 0. The molecule has 1 aromatic heterocycles. The molecular weight excluding hydrogens is 362 g/mol. The Kier molecular flexibility index (Phi) is 4.60. The normalized spacial score (nSPS) is 16.9. The summed E-state index contributed by atoms with van der Waals surface area (Å²) in [6, 6.07) is 13.7. The van der Waals surface area contributed by atoms with Gasteiger partial charge in [0.2, 0.25) is 5.89 Å². The van der Waals surface area contributed by atoms with Crippen molar-refractivity contribution in [2.75, 3.05) is 7.11 Å². The highest BCUT2D eigenvalue weighted by molar-refractivity contribution is 5.89. The van der Waals surface area contributed by atoms with Gasteiger partial charge >= 0.3 is 5.97 Å². The van der Waals surface area contributed by atoms with Crippen LogP contribution in [0.25, 0.3) is 22.7 Å². The number of fused-ring (bicyclic) bond motifs is 1. The van der Waals surface area contributed by atoms with E-state index in [0.717, 1.165) is 16.8 Å². The summed E-state index contributed by atoms with van der Waals surface area (Å²) in [4.78, 5) is 16.3. The lowest BCUT2D eigenvalue weighted by molar-refractivity contribution is 0.0600. The zero-order valence-electron chi connectivity index (χ0n) is 17.7. The molecule has 0 spiro atoms. The van der Waals surface area contributed by atoms with E-state index in [1.165, 1.54) is 31.1 Å². The van der Waals surface area contributed by atoms with E-state index in [-0.39, 0.29) is 16.8 Å². The van der Waals surface area contributed by atoms with Gasteiger partial charge in [-0.2, -0.15) is 0 Å². The van der Waals surface area contributed by atoms with E-state index in [4.69, 9.17) is 14.1 Å². The first kappa shape index (κ1) is 19.4. The lowest BCUT2D eigenvalue weighted by Gasteiger charge is -2.42. The number of methoxy groups -OCH3 is 1. The first-order chi connectivity index (χ1) is 13.7. The molecule has 0 saturated carbocycles. The Balaban J connectivity index is 1.68. The van der Waals surface area contributed by atoms with E-state index < -0.39 is 0 Å². The van der Waals surface area contributed by atoms with Crippen LogP contribution in [-0.2, 0) is 15.6 Å². The largest absolute Gasteiger partial charge is 0.465 e. The molecule has 2 aromatic carbocycles. The number of carbonyl (C=O) groups excluding carboxylic acids is 1. The summed E-state index contributed by atoms with van der Waals surface area (Å²) in [5.41, 5.74) is 6.38. The van der Waals surface area contributed by atoms with Crippen LogP contribution in [0.4, 0.5) is 0 Å². The van der Waals surface area contributed by atoms with Crippen molar-refractivity contribution < 1.29 is 13.9 Å². The summed E-state index contributed by atoms with van der Waals surface area (Å²) in [6.07, 6.45) is 4.07. The van der Waals surface area contributed by atoms with Gasteiger partial charge in [-0.3, -0.25) is 0 Å². The molecule has 0 aliphatic heterocycles. The number of hydrogen-bond acceptors (Lipinski definition) is 4. The van der Waals surface area contributed by atoms with Gasteiger partial charge in [-0.15, -0.1) is 0 Å². The number of benzene rings is 2. The molecule has 0 saturated heterocycles. The minimum Gasteiger partial charge on any atom is -0.465 e. The van der Waals surface area contributed by atoms with E-state index in [9.17, 15) is 4.79 Å². The number of aromatic nitrogens is 1. The molecule has 4 heteroatoms. The van der Waals surface area contributed by atoms with Gasteiger partial charge in [-0.25, -0.2) is 9.78 Å². The third-order valence-corrected chi connectivity index (χ3v) is 6.21. The summed E-state index contributed by atoms with van der Waals surface area (Å²) >= 11 is 0. The summed E-state index contributed by atoms with van der Waals surface area (Å²) < 4.78 is 10.5. The third-order valence-electron chi connectivity index (χ3n) is 6.21. The Hall–Kier alpha value is -2.88. The average molecular weight is 389 g/mol. The van der Waals surface area contributed by atoms with E-state index in [1.54, 1.807) is 18.4 Å². The Morgan fingerprint density at radius 1 is 0.931 bits per heavy atom. The van der Waals surface area contributed by atoms with Crippen molar-refractivity contribution in [3.63, 3.8) is 0 Å². The standard InChI is InChI=1S/C25H27NO3/c1-24(2)12-13-25(3,4)20-14-18(10-11-19(20)24)21-15-29-22(26-21)16-6-8-17(9-7-16)23(27)28-5/h6-11,14-15H,12-13H2,1-5H3. The van der Waals surface area contributed by atoms with Crippen molar-refractivity contribution in [3.8, 4) is 22.7 Å². The molecule has 150 valence electrons. The van der Waals surface area contributed by atoms with Gasteiger partial charge < -0.3 is 9.15 Å². The Bertz CT molecular complexity index is 1060. The molecule has 1 heterocycles. The molecule has 4 nitrogen and oxygen atoms in total. The minimum absolute atomic E-state index is 0.150. The number of ether oxygens (including phenoxy) is 1. The second kappa shape index (κ2) is 6.87. The van der Waals surface area contributed by atoms with Crippen molar-refractivity contribution in [2.24, 2.45) is 0 Å². The van der Waals surface area contributed by atoms with Crippen LogP contribution < -0.4 is 0 Å². The van der Waals surface area contributed by atoms with Crippen LogP contribution in [0, 0.1) is 0 Å². The van der Waals surface area contributed by atoms with Crippen molar-refractivity contribution in [1.82, 2.24) is 4.98 Å². The zero-order chi connectivity index (χ0) is 20.8. The van der Waals surface area contributed by atoms with Crippen LogP contribution in [0.2, 0.25) is 0 Å². The summed E-state index contributed by atoms with van der Waals surface area (Å²) in [7, 11) is 1.37. The molecule has 0 fully saturated rings. The van der Waals surface area contributed by atoms with Crippen molar-refractivity contribution >= 4 is 5.97 Å². The summed E-state index contributed by atoms with van der Waals surface area (Å²) in [6.45, 7) is 9.30. The van der Waals surface area contributed by atoms with E-state index >= 15 is 0 Å². The smallest absolute Gasteiger partial charge is 0.337 e. The van der Waals surface area contributed by atoms with E-state index in [2.05, 4.69) is 45.9 Å². The molecule has 0 radical (unpaired) electrons. The van der Waals surface area contributed by atoms with Crippen molar-refractivity contribution in [3.05, 3.63) is 65.4 Å². The molecule has 0 bridgehead atoms. The quantitative estimate of drug-likeness (QED) is 0.505. The topological polar surface area (TPSA) is 52.3 Å². The first-order valence-electron chi connectivity index (χ1n) is 10.0. The van der Waals surface area contributed by atoms with Gasteiger partial charge in [0.1, 0.15) is 12.0 Å². The third kappa shape index (κ3) is 3.48. The average Bonchev–Trinajstić information content (AvgIpc) is 3.21. The predicted octanol–water partition coefficient (Wildman–Crippen LogP) is 6.14. The molecule has 29 heavy (non-hydrogen) atoms. The molecule has 0 amide bonds. The fourth-order valence-corrected chi connectivity index (χ4v) is 4.15. The van der Waals surface area contributed by atoms with Crippen LogP contribution >= 0.6 is 0 Å². The fraction of sp³-hybridized carbons (Fsp3) is 0.360.